The molecule has 0 aromatic rings. The predicted molar refractivity (Wildman–Crippen MR) is 76.4 cm³/mol. The Kier molecular flexibility index (Phi) is 6.01. The third kappa shape index (κ3) is 4.92. The second kappa shape index (κ2) is 7.30. The van der Waals surface area contributed by atoms with E-state index in [1.165, 1.54) is 4.90 Å². The summed E-state index contributed by atoms with van der Waals surface area (Å²) in [6.07, 6.45) is 1.97. The van der Waals surface area contributed by atoms with E-state index in [-0.39, 0.29) is 0 Å². The Labute approximate surface area is 126 Å². The van der Waals surface area contributed by atoms with E-state index < -0.39 is 29.7 Å². The number of amides is 1. The number of ether oxygens (including phenoxy) is 2. The van der Waals surface area contributed by atoms with Crippen molar-refractivity contribution in [2.75, 3.05) is 6.61 Å². The molecule has 6 heteroatoms. The molecule has 2 atom stereocenters. The summed E-state index contributed by atoms with van der Waals surface area (Å²) >= 11 is 0. The average Bonchev–Trinajstić information content (AvgIpc) is 2.80. The number of unbranched alkanes of at least 4 members (excludes halogenated alkanes) is 1. The third-order valence-electron chi connectivity index (χ3n) is 3.15. The number of carbonyl (C=O) groups excluding carboxylic acids is 2. The van der Waals surface area contributed by atoms with Crippen LogP contribution in [0.15, 0.2) is 0 Å². The van der Waals surface area contributed by atoms with Crippen LogP contribution in [0, 0.1) is 11.3 Å². The van der Waals surface area contributed by atoms with Crippen molar-refractivity contribution in [3.63, 3.8) is 0 Å². The summed E-state index contributed by atoms with van der Waals surface area (Å²) in [5.41, 5.74) is -0.670. The van der Waals surface area contributed by atoms with Crippen LogP contribution in [-0.2, 0) is 14.3 Å². The van der Waals surface area contributed by atoms with Gasteiger partial charge in [0.05, 0.1) is 12.7 Å². The summed E-state index contributed by atoms with van der Waals surface area (Å²) in [5.74, 6) is -0.452. The van der Waals surface area contributed by atoms with Crippen LogP contribution in [0.25, 0.3) is 0 Å². The quantitative estimate of drug-likeness (QED) is 0.588. The maximum atomic E-state index is 12.2. The fourth-order valence-corrected chi connectivity index (χ4v) is 2.15. The molecule has 1 heterocycles. The second-order valence-corrected chi connectivity index (χ2v) is 6.15. The molecule has 0 saturated carbocycles. The number of rotatable bonds is 4. The lowest BCUT2D eigenvalue weighted by atomic mass is 10.2. The number of nitrogens with zero attached hydrogens (tertiary/aromatic N) is 2. The lowest BCUT2D eigenvalue weighted by molar-refractivity contribution is -0.149. The van der Waals surface area contributed by atoms with E-state index in [2.05, 4.69) is 6.07 Å². The molecular formula is C15H24N2O4. The van der Waals surface area contributed by atoms with Gasteiger partial charge in [-0.25, -0.2) is 9.59 Å². The normalized spacial score (nSPS) is 21.8. The predicted octanol–water partition coefficient (Wildman–Crippen LogP) is 2.62. The van der Waals surface area contributed by atoms with E-state index in [9.17, 15) is 9.59 Å². The average molecular weight is 296 g/mol. The van der Waals surface area contributed by atoms with Crippen molar-refractivity contribution < 1.29 is 19.1 Å². The highest BCUT2D eigenvalue weighted by atomic mass is 16.6. The van der Waals surface area contributed by atoms with Crippen LogP contribution in [-0.4, -0.2) is 41.3 Å². The van der Waals surface area contributed by atoms with Gasteiger partial charge in [-0.05, 0) is 40.0 Å². The zero-order chi connectivity index (χ0) is 16.0. The standard InChI is InChI=1S/C15H24N2O4/c1-5-6-9-20-13(18)12-8-7-11(10-16)17(12)14(19)21-15(2,3)4/h11-12H,5-9H2,1-4H3/t11?,12-/m0/s1. The van der Waals surface area contributed by atoms with Gasteiger partial charge in [0.15, 0.2) is 0 Å². The minimum atomic E-state index is -0.721. The molecule has 0 aromatic carbocycles. The first kappa shape index (κ1) is 17.3. The molecule has 0 bridgehead atoms. The first-order valence-corrected chi connectivity index (χ1v) is 7.37. The molecule has 118 valence electrons. The Morgan fingerprint density at radius 1 is 1.33 bits per heavy atom. The highest BCUT2D eigenvalue weighted by Crippen LogP contribution is 2.27. The molecule has 1 amide bonds. The SMILES string of the molecule is CCCCOC(=O)[C@@H]1CCC(C#N)N1C(=O)OC(C)(C)C. The first-order valence-electron chi connectivity index (χ1n) is 7.37. The number of carbonyl (C=O) groups is 2. The van der Waals surface area contributed by atoms with E-state index >= 15 is 0 Å². The Morgan fingerprint density at radius 3 is 2.52 bits per heavy atom. The van der Waals surface area contributed by atoms with Gasteiger partial charge < -0.3 is 9.47 Å². The van der Waals surface area contributed by atoms with Crippen LogP contribution in [0.5, 0.6) is 0 Å². The Balaban J connectivity index is 2.76. The smallest absolute Gasteiger partial charge is 0.412 e. The van der Waals surface area contributed by atoms with Crippen LogP contribution in [0.3, 0.4) is 0 Å². The van der Waals surface area contributed by atoms with Crippen LogP contribution in [0.4, 0.5) is 4.79 Å². The number of hydrogen-bond donors (Lipinski definition) is 0. The summed E-state index contributed by atoms with van der Waals surface area (Å²) in [5, 5.41) is 9.15. The van der Waals surface area contributed by atoms with Gasteiger partial charge in [-0.3, -0.25) is 4.90 Å². The van der Waals surface area contributed by atoms with Crippen molar-refractivity contribution in [1.29, 1.82) is 5.26 Å². The zero-order valence-corrected chi connectivity index (χ0v) is 13.2. The summed E-state index contributed by atoms with van der Waals surface area (Å²) in [6, 6.07) is 0.694. The van der Waals surface area contributed by atoms with Gasteiger partial charge in [0.1, 0.15) is 17.7 Å². The van der Waals surface area contributed by atoms with Crippen molar-refractivity contribution in [3.8, 4) is 6.07 Å². The highest BCUT2D eigenvalue weighted by molar-refractivity contribution is 5.82. The maximum absolute atomic E-state index is 12.2. The van der Waals surface area contributed by atoms with Gasteiger partial charge in [0.25, 0.3) is 0 Å². The van der Waals surface area contributed by atoms with Crippen molar-refractivity contribution >= 4 is 12.1 Å². The van der Waals surface area contributed by atoms with Crippen molar-refractivity contribution in [2.45, 2.75) is 71.1 Å². The summed E-state index contributed by atoms with van der Waals surface area (Å²) in [7, 11) is 0. The van der Waals surface area contributed by atoms with Crippen molar-refractivity contribution in [3.05, 3.63) is 0 Å². The number of likely N-dealkylation sites (tertiary alicyclic amines) is 1. The van der Waals surface area contributed by atoms with Crippen LogP contribution >= 0.6 is 0 Å². The molecule has 0 aliphatic carbocycles. The monoisotopic (exact) mass is 296 g/mol. The molecule has 1 unspecified atom stereocenters. The van der Waals surface area contributed by atoms with Crippen LogP contribution in [0.2, 0.25) is 0 Å². The zero-order valence-electron chi connectivity index (χ0n) is 13.2. The Bertz CT molecular complexity index is 422. The molecule has 6 nitrogen and oxygen atoms in total. The minimum absolute atomic E-state index is 0.339. The van der Waals surface area contributed by atoms with Crippen molar-refractivity contribution in [1.82, 2.24) is 4.90 Å². The lowest BCUT2D eigenvalue weighted by Gasteiger charge is -2.29. The lowest BCUT2D eigenvalue weighted by Crippen LogP contribution is -2.47. The summed E-state index contributed by atoms with van der Waals surface area (Å²) in [6.45, 7) is 7.58. The summed E-state index contributed by atoms with van der Waals surface area (Å²) in [4.78, 5) is 25.5. The topological polar surface area (TPSA) is 79.6 Å². The highest BCUT2D eigenvalue weighted by Gasteiger charge is 2.43. The molecule has 1 saturated heterocycles. The minimum Gasteiger partial charge on any atom is -0.464 e. The maximum Gasteiger partial charge on any atom is 0.412 e. The molecule has 1 rings (SSSR count). The number of esters is 1. The van der Waals surface area contributed by atoms with E-state index in [4.69, 9.17) is 14.7 Å². The second-order valence-electron chi connectivity index (χ2n) is 6.15. The fraction of sp³-hybridized carbons (Fsp3) is 0.800. The molecule has 1 fully saturated rings. The van der Waals surface area contributed by atoms with Gasteiger partial charge in [-0.2, -0.15) is 5.26 Å². The number of nitriles is 1. The molecule has 1 aliphatic rings. The molecular weight excluding hydrogens is 272 g/mol. The molecule has 0 spiro atoms. The van der Waals surface area contributed by atoms with Crippen LogP contribution in [0.1, 0.15) is 53.4 Å². The molecule has 0 aromatic heterocycles. The van der Waals surface area contributed by atoms with Gasteiger partial charge in [0, 0.05) is 0 Å². The van der Waals surface area contributed by atoms with Crippen molar-refractivity contribution in [2.24, 2.45) is 0 Å². The van der Waals surface area contributed by atoms with E-state index in [1.54, 1.807) is 20.8 Å². The Hall–Kier alpha value is -1.77. The molecule has 0 N–H and O–H groups in total. The molecule has 1 aliphatic heterocycles. The van der Waals surface area contributed by atoms with E-state index in [1.807, 2.05) is 6.92 Å². The Morgan fingerprint density at radius 2 is 2.00 bits per heavy atom. The van der Waals surface area contributed by atoms with Gasteiger partial charge in [-0.1, -0.05) is 13.3 Å². The van der Waals surface area contributed by atoms with Gasteiger partial charge in [-0.15, -0.1) is 0 Å². The van der Waals surface area contributed by atoms with E-state index in [0.29, 0.717) is 19.4 Å². The molecule has 0 radical (unpaired) electrons. The fourth-order valence-electron chi connectivity index (χ4n) is 2.15. The first-order chi connectivity index (χ1) is 9.80. The largest absolute Gasteiger partial charge is 0.464 e. The third-order valence-corrected chi connectivity index (χ3v) is 3.15. The van der Waals surface area contributed by atoms with Crippen LogP contribution < -0.4 is 0 Å². The van der Waals surface area contributed by atoms with Gasteiger partial charge >= 0.3 is 12.1 Å². The summed E-state index contributed by atoms with van der Waals surface area (Å²) < 4.78 is 10.5. The number of hydrogen-bond acceptors (Lipinski definition) is 5. The molecule has 21 heavy (non-hydrogen) atoms. The van der Waals surface area contributed by atoms with E-state index in [0.717, 1.165) is 12.8 Å². The van der Waals surface area contributed by atoms with Gasteiger partial charge in [0.2, 0.25) is 0 Å².